The predicted molar refractivity (Wildman–Crippen MR) is 89.1 cm³/mol. The van der Waals surface area contributed by atoms with Crippen molar-refractivity contribution < 1.29 is 13.7 Å². The minimum atomic E-state index is -0.157. The van der Waals surface area contributed by atoms with Crippen molar-refractivity contribution in [1.29, 1.82) is 0 Å². The van der Waals surface area contributed by atoms with Crippen LogP contribution in [0.4, 0.5) is 0 Å². The van der Waals surface area contributed by atoms with Gasteiger partial charge < -0.3 is 19.2 Å². The lowest BCUT2D eigenvalue weighted by Crippen LogP contribution is -2.43. The average Bonchev–Trinajstić information content (AvgIpc) is 3.26. The van der Waals surface area contributed by atoms with Gasteiger partial charge in [-0.25, -0.2) is 4.98 Å². The first-order chi connectivity index (χ1) is 12.7. The van der Waals surface area contributed by atoms with Crippen molar-refractivity contribution in [2.24, 2.45) is 0 Å². The van der Waals surface area contributed by atoms with Crippen molar-refractivity contribution in [2.45, 2.75) is 37.6 Å². The first kappa shape index (κ1) is 16.2. The van der Waals surface area contributed by atoms with Crippen molar-refractivity contribution in [1.82, 2.24) is 25.4 Å². The normalized spacial score (nSPS) is 19.1. The number of furan rings is 1. The van der Waals surface area contributed by atoms with E-state index in [4.69, 9.17) is 8.94 Å². The molecule has 1 fully saturated rings. The van der Waals surface area contributed by atoms with E-state index in [1.807, 2.05) is 0 Å². The summed E-state index contributed by atoms with van der Waals surface area (Å²) in [4.78, 5) is 34.2. The Bertz CT molecular complexity index is 940. The maximum Gasteiger partial charge on any atom is 0.250 e. The van der Waals surface area contributed by atoms with Crippen molar-refractivity contribution in [3.05, 3.63) is 52.7 Å². The summed E-state index contributed by atoms with van der Waals surface area (Å²) in [7, 11) is 0. The van der Waals surface area contributed by atoms with Crippen LogP contribution in [0.1, 0.15) is 36.8 Å². The number of aromatic amines is 1. The van der Waals surface area contributed by atoms with Gasteiger partial charge in [-0.05, 0) is 25.0 Å². The predicted octanol–water partition coefficient (Wildman–Crippen LogP) is 1.41. The van der Waals surface area contributed by atoms with Gasteiger partial charge in [0.2, 0.25) is 17.6 Å². The Balaban J connectivity index is 1.22. The molecule has 0 bridgehead atoms. The van der Waals surface area contributed by atoms with Crippen molar-refractivity contribution in [3.63, 3.8) is 0 Å². The number of aromatic nitrogens is 4. The molecule has 0 radical (unpaired) electrons. The number of aryl methyl sites for hydroxylation is 1. The highest BCUT2D eigenvalue weighted by Gasteiger charge is 2.32. The Hall–Kier alpha value is -3.23. The third kappa shape index (κ3) is 3.56. The molecule has 0 spiro atoms. The van der Waals surface area contributed by atoms with Crippen molar-refractivity contribution in [3.8, 4) is 11.6 Å². The van der Waals surface area contributed by atoms with E-state index in [1.165, 1.54) is 18.7 Å². The maximum absolute atomic E-state index is 12.1. The van der Waals surface area contributed by atoms with Gasteiger partial charge in [-0.3, -0.25) is 9.59 Å². The monoisotopic (exact) mass is 355 g/mol. The minimum absolute atomic E-state index is 0.0648. The van der Waals surface area contributed by atoms with E-state index in [0.717, 1.165) is 18.5 Å². The van der Waals surface area contributed by atoms with Crippen LogP contribution in [0.3, 0.4) is 0 Å². The molecule has 3 aromatic heterocycles. The molecule has 26 heavy (non-hydrogen) atoms. The van der Waals surface area contributed by atoms with Gasteiger partial charge in [-0.1, -0.05) is 5.16 Å². The molecule has 1 aliphatic rings. The zero-order valence-electron chi connectivity index (χ0n) is 13.8. The number of nitrogens with zero attached hydrogens (tertiary/aromatic N) is 3. The quantitative estimate of drug-likeness (QED) is 0.684. The molecule has 9 heteroatoms. The zero-order valence-corrected chi connectivity index (χ0v) is 13.8. The van der Waals surface area contributed by atoms with E-state index in [-0.39, 0.29) is 29.8 Å². The van der Waals surface area contributed by atoms with Crippen LogP contribution in [0.25, 0.3) is 11.6 Å². The molecule has 3 heterocycles. The summed E-state index contributed by atoms with van der Waals surface area (Å²) in [5.74, 6) is 1.45. The van der Waals surface area contributed by atoms with Gasteiger partial charge in [0.15, 0.2) is 5.76 Å². The molecule has 1 saturated carbocycles. The van der Waals surface area contributed by atoms with E-state index >= 15 is 0 Å². The first-order valence-corrected chi connectivity index (χ1v) is 8.38. The maximum atomic E-state index is 12.1. The summed E-state index contributed by atoms with van der Waals surface area (Å²) in [5, 5.41) is 6.80. The highest BCUT2D eigenvalue weighted by atomic mass is 16.5. The largest absolute Gasteiger partial charge is 0.461 e. The summed E-state index contributed by atoms with van der Waals surface area (Å²) < 4.78 is 10.3. The SMILES string of the molecule is O=C(CCc1nc(-c2ccco2)no1)NC1CC(c2cc(=O)[nH]cn2)C1. The topological polar surface area (TPSA) is 127 Å². The Morgan fingerprint density at radius 2 is 2.27 bits per heavy atom. The third-order valence-corrected chi connectivity index (χ3v) is 4.40. The number of hydrogen-bond donors (Lipinski definition) is 2. The number of carbonyl (C=O) groups excluding carboxylic acids is 1. The van der Waals surface area contributed by atoms with Gasteiger partial charge in [0.1, 0.15) is 0 Å². The lowest BCUT2D eigenvalue weighted by atomic mass is 9.78. The lowest BCUT2D eigenvalue weighted by Gasteiger charge is -2.35. The van der Waals surface area contributed by atoms with Gasteiger partial charge in [0.25, 0.3) is 5.56 Å². The van der Waals surface area contributed by atoms with Gasteiger partial charge in [0.05, 0.1) is 18.3 Å². The summed E-state index contributed by atoms with van der Waals surface area (Å²) in [5.41, 5.74) is 0.617. The first-order valence-electron chi connectivity index (χ1n) is 8.38. The third-order valence-electron chi connectivity index (χ3n) is 4.40. The number of hydrogen-bond acceptors (Lipinski definition) is 7. The molecule has 0 aromatic carbocycles. The molecule has 1 aliphatic carbocycles. The Morgan fingerprint density at radius 3 is 3.04 bits per heavy atom. The standard InChI is InChI=1S/C17H17N5O4/c23-14(3-4-16-21-17(22-26-16)13-2-1-5-25-13)20-11-6-10(7-11)12-8-15(24)19-9-18-12/h1-2,5,8-11H,3-4,6-7H2,(H,20,23)(H,18,19,24). The number of rotatable bonds is 6. The summed E-state index contributed by atoms with van der Waals surface area (Å²) in [6.45, 7) is 0. The van der Waals surface area contributed by atoms with Gasteiger partial charge in [-0.2, -0.15) is 4.98 Å². The fraction of sp³-hybridized carbons (Fsp3) is 0.353. The Kier molecular flexibility index (Phi) is 4.34. The molecule has 2 N–H and O–H groups in total. The van der Waals surface area contributed by atoms with Crippen LogP contribution in [0.2, 0.25) is 0 Å². The van der Waals surface area contributed by atoms with Crippen LogP contribution in [-0.2, 0) is 11.2 Å². The van der Waals surface area contributed by atoms with Crippen molar-refractivity contribution >= 4 is 5.91 Å². The van der Waals surface area contributed by atoms with Crippen molar-refractivity contribution in [2.75, 3.05) is 0 Å². The minimum Gasteiger partial charge on any atom is -0.461 e. The van der Waals surface area contributed by atoms with E-state index in [9.17, 15) is 9.59 Å². The van der Waals surface area contributed by atoms with Gasteiger partial charge in [0, 0.05) is 30.9 Å². The molecule has 134 valence electrons. The van der Waals surface area contributed by atoms with Gasteiger partial charge >= 0.3 is 0 Å². The lowest BCUT2D eigenvalue weighted by molar-refractivity contribution is -0.122. The van der Waals surface area contributed by atoms with Crippen LogP contribution in [0.5, 0.6) is 0 Å². The van der Waals surface area contributed by atoms with Crippen LogP contribution in [-0.4, -0.2) is 32.1 Å². The molecule has 0 unspecified atom stereocenters. The molecule has 3 aromatic rings. The second-order valence-corrected chi connectivity index (χ2v) is 6.26. The van der Waals surface area contributed by atoms with E-state index < -0.39 is 0 Å². The zero-order chi connectivity index (χ0) is 17.9. The van der Waals surface area contributed by atoms with Crippen LogP contribution in [0, 0.1) is 0 Å². The van der Waals surface area contributed by atoms with E-state index in [0.29, 0.717) is 23.9 Å². The molecular formula is C17H17N5O4. The molecule has 4 rings (SSSR count). The number of H-pyrrole nitrogens is 1. The highest BCUT2D eigenvalue weighted by molar-refractivity contribution is 5.76. The summed E-state index contributed by atoms with van der Waals surface area (Å²) in [6, 6.07) is 5.10. The van der Waals surface area contributed by atoms with Crippen LogP contribution < -0.4 is 10.9 Å². The highest BCUT2D eigenvalue weighted by Crippen LogP contribution is 2.35. The second-order valence-electron chi connectivity index (χ2n) is 6.26. The second kappa shape index (κ2) is 6.95. The molecule has 9 nitrogen and oxygen atoms in total. The fourth-order valence-corrected chi connectivity index (χ4v) is 2.97. The molecule has 0 atom stereocenters. The fourth-order valence-electron chi connectivity index (χ4n) is 2.97. The molecule has 0 saturated heterocycles. The van der Waals surface area contributed by atoms with E-state index in [2.05, 4.69) is 25.4 Å². The van der Waals surface area contributed by atoms with Gasteiger partial charge in [-0.15, -0.1) is 0 Å². The molecular weight excluding hydrogens is 338 g/mol. The average molecular weight is 355 g/mol. The number of nitrogens with one attached hydrogen (secondary N) is 2. The van der Waals surface area contributed by atoms with Crippen LogP contribution in [0.15, 0.2) is 44.5 Å². The van der Waals surface area contributed by atoms with Crippen LogP contribution >= 0.6 is 0 Å². The molecule has 1 amide bonds. The Morgan fingerprint density at radius 1 is 1.38 bits per heavy atom. The number of amides is 1. The molecule has 0 aliphatic heterocycles. The van der Waals surface area contributed by atoms with E-state index in [1.54, 1.807) is 12.1 Å². The summed E-state index contributed by atoms with van der Waals surface area (Å²) >= 11 is 0. The number of carbonyl (C=O) groups is 1. The summed E-state index contributed by atoms with van der Waals surface area (Å²) in [6.07, 6.45) is 5.14. The smallest absolute Gasteiger partial charge is 0.250 e. The Labute approximate surface area is 147 Å².